The van der Waals surface area contributed by atoms with Crippen molar-refractivity contribution in [2.24, 2.45) is 0 Å². The summed E-state index contributed by atoms with van der Waals surface area (Å²) >= 11 is 1.67. The van der Waals surface area contributed by atoms with Crippen LogP contribution in [-0.2, 0) is 6.42 Å². The van der Waals surface area contributed by atoms with Gasteiger partial charge in [0, 0.05) is 11.8 Å². The number of aliphatic hydroxyl groups excluding tert-OH is 1. The molecule has 0 amide bonds. The maximum absolute atomic E-state index is 9.98. The number of nitrogens with zero attached hydrogens (tertiary/aromatic N) is 1. The van der Waals surface area contributed by atoms with E-state index in [2.05, 4.69) is 17.3 Å². The number of aryl methyl sites for hydroxylation is 1. The lowest BCUT2D eigenvalue weighted by molar-refractivity contribution is 0.160. The predicted molar refractivity (Wildman–Crippen MR) is 88.4 cm³/mol. The second-order valence-corrected chi connectivity index (χ2v) is 6.90. The minimum Gasteiger partial charge on any atom is -0.393 e. The largest absolute Gasteiger partial charge is 0.393 e. The van der Waals surface area contributed by atoms with Crippen LogP contribution in [0.1, 0.15) is 81.8 Å². The van der Waals surface area contributed by atoms with E-state index in [0.29, 0.717) is 0 Å². The Kier molecular flexibility index (Phi) is 9.94. The van der Waals surface area contributed by atoms with Crippen molar-refractivity contribution in [3.63, 3.8) is 0 Å². The monoisotopic (exact) mass is 297 g/mol. The van der Waals surface area contributed by atoms with Gasteiger partial charge in [0.05, 0.1) is 16.8 Å². The third-order valence-electron chi connectivity index (χ3n) is 3.75. The maximum atomic E-state index is 9.98. The Hall–Kier alpha value is -0.410. The summed E-state index contributed by atoms with van der Waals surface area (Å²) in [6, 6.07) is 0. The lowest BCUT2D eigenvalue weighted by Gasteiger charge is -2.08. The average Bonchev–Trinajstić information content (AvgIpc) is 2.82. The van der Waals surface area contributed by atoms with Crippen LogP contribution in [0.25, 0.3) is 0 Å². The molecule has 0 bridgehead atoms. The molecule has 1 heterocycles. The molecule has 1 N–H and O–H groups in total. The van der Waals surface area contributed by atoms with Gasteiger partial charge in [-0.15, -0.1) is 11.3 Å². The van der Waals surface area contributed by atoms with Crippen LogP contribution >= 0.6 is 11.3 Å². The van der Waals surface area contributed by atoms with E-state index in [9.17, 15) is 5.11 Å². The van der Waals surface area contributed by atoms with Crippen molar-refractivity contribution in [3.05, 3.63) is 16.1 Å². The van der Waals surface area contributed by atoms with Gasteiger partial charge in [0.15, 0.2) is 0 Å². The van der Waals surface area contributed by atoms with Crippen LogP contribution in [0.2, 0.25) is 0 Å². The van der Waals surface area contributed by atoms with Gasteiger partial charge in [-0.3, -0.25) is 0 Å². The van der Waals surface area contributed by atoms with E-state index in [0.717, 1.165) is 30.0 Å². The molecule has 0 saturated heterocycles. The predicted octanol–water partition coefficient (Wildman–Crippen LogP) is 5.28. The van der Waals surface area contributed by atoms with Crippen molar-refractivity contribution < 1.29 is 5.11 Å². The molecule has 0 radical (unpaired) electrons. The Bertz CT molecular complexity index is 337. The first-order chi connectivity index (χ1) is 9.72. The molecule has 0 aliphatic heterocycles. The number of unbranched alkanes of at least 4 members (excludes halogenated alkanes) is 8. The summed E-state index contributed by atoms with van der Waals surface area (Å²) in [5.74, 6) is 0. The molecule has 2 nitrogen and oxygen atoms in total. The van der Waals surface area contributed by atoms with Gasteiger partial charge in [0.2, 0.25) is 0 Å². The SMILES string of the molecule is CCCCCCCCCCCC(O)Cc1csc(C)n1. The molecule has 1 atom stereocenters. The number of aromatic nitrogens is 1. The first-order valence-electron chi connectivity index (χ1n) is 8.31. The topological polar surface area (TPSA) is 33.1 Å². The lowest BCUT2D eigenvalue weighted by Crippen LogP contribution is -2.10. The van der Waals surface area contributed by atoms with E-state index in [4.69, 9.17) is 0 Å². The van der Waals surface area contributed by atoms with Gasteiger partial charge >= 0.3 is 0 Å². The Labute approximate surface area is 128 Å². The van der Waals surface area contributed by atoms with Gasteiger partial charge < -0.3 is 5.11 Å². The van der Waals surface area contributed by atoms with Crippen LogP contribution < -0.4 is 0 Å². The van der Waals surface area contributed by atoms with E-state index in [1.165, 1.54) is 51.4 Å². The Balaban J connectivity index is 1.90. The third-order valence-corrected chi connectivity index (χ3v) is 4.57. The van der Waals surface area contributed by atoms with Crippen LogP contribution in [-0.4, -0.2) is 16.2 Å². The molecular formula is C17H31NOS. The molecule has 0 spiro atoms. The minimum atomic E-state index is -0.207. The summed E-state index contributed by atoms with van der Waals surface area (Å²) in [7, 11) is 0. The molecule has 1 rings (SSSR count). The molecule has 0 aromatic carbocycles. The smallest absolute Gasteiger partial charge is 0.0897 e. The summed E-state index contributed by atoms with van der Waals surface area (Å²) in [4.78, 5) is 4.40. The van der Waals surface area contributed by atoms with Crippen molar-refractivity contribution in [1.82, 2.24) is 4.98 Å². The van der Waals surface area contributed by atoms with Crippen LogP contribution in [0.3, 0.4) is 0 Å². The zero-order valence-corrected chi connectivity index (χ0v) is 14.1. The van der Waals surface area contributed by atoms with Crippen molar-refractivity contribution in [2.45, 2.75) is 90.6 Å². The number of hydrogen-bond acceptors (Lipinski definition) is 3. The zero-order chi connectivity index (χ0) is 14.6. The average molecular weight is 298 g/mol. The second-order valence-electron chi connectivity index (χ2n) is 5.83. The number of aliphatic hydroxyl groups is 1. The van der Waals surface area contributed by atoms with Gasteiger partial charge in [-0.2, -0.15) is 0 Å². The van der Waals surface area contributed by atoms with Crippen molar-refractivity contribution >= 4 is 11.3 Å². The molecule has 3 heteroatoms. The van der Waals surface area contributed by atoms with Crippen molar-refractivity contribution in [3.8, 4) is 0 Å². The van der Waals surface area contributed by atoms with Crippen LogP contribution in [0.5, 0.6) is 0 Å². The standard InChI is InChI=1S/C17H31NOS/c1-3-4-5-6-7-8-9-10-11-12-17(19)13-16-14-20-15(2)18-16/h14,17,19H,3-13H2,1-2H3. The fourth-order valence-corrected chi connectivity index (χ4v) is 3.16. The van der Waals surface area contributed by atoms with E-state index in [1.807, 2.05) is 6.92 Å². The first-order valence-corrected chi connectivity index (χ1v) is 9.19. The Morgan fingerprint density at radius 3 is 2.20 bits per heavy atom. The van der Waals surface area contributed by atoms with Crippen molar-refractivity contribution in [2.75, 3.05) is 0 Å². The summed E-state index contributed by atoms with van der Waals surface area (Å²) < 4.78 is 0. The molecule has 20 heavy (non-hydrogen) atoms. The van der Waals surface area contributed by atoms with Crippen LogP contribution in [0, 0.1) is 6.92 Å². The quantitative estimate of drug-likeness (QED) is 0.533. The van der Waals surface area contributed by atoms with Gasteiger partial charge in [0.25, 0.3) is 0 Å². The van der Waals surface area contributed by atoms with Gasteiger partial charge in [-0.05, 0) is 13.3 Å². The first kappa shape index (κ1) is 17.6. The molecule has 1 aromatic rings. The molecule has 0 aliphatic carbocycles. The molecule has 0 fully saturated rings. The van der Waals surface area contributed by atoms with Gasteiger partial charge in [-0.25, -0.2) is 4.98 Å². The van der Waals surface area contributed by atoms with Gasteiger partial charge in [0.1, 0.15) is 0 Å². The highest BCUT2D eigenvalue weighted by Crippen LogP contribution is 2.14. The third kappa shape index (κ3) is 8.70. The number of thiazole rings is 1. The lowest BCUT2D eigenvalue weighted by atomic mass is 10.0. The van der Waals surface area contributed by atoms with E-state index < -0.39 is 0 Å². The van der Waals surface area contributed by atoms with E-state index in [-0.39, 0.29) is 6.10 Å². The minimum absolute atomic E-state index is 0.207. The highest BCUT2D eigenvalue weighted by atomic mass is 32.1. The summed E-state index contributed by atoms with van der Waals surface area (Å²) in [6.45, 7) is 4.28. The fraction of sp³-hybridized carbons (Fsp3) is 0.824. The zero-order valence-electron chi connectivity index (χ0n) is 13.2. The van der Waals surface area contributed by atoms with Crippen molar-refractivity contribution in [1.29, 1.82) is 0 Å². The van der Waals surface area contributed by atoms with Crippen LogP contribution in [0.15, 0.2) is 5.38 Å². The fourth-order valence-electron chi connectivity index (χ4n) is 2.54. The Morgan fingerprint density at radius 2 is 1.65 bits per heavy atom. The highest BCUT2D eigenvalue weighted by Gasteiger charge is 2.07. The van der Waals surface area contributed by atoms with E-state index in [1.54, 1.807) is 11.3 Å². The summed E-state index contributed by atoms with van der Waals surface area (Å²) in [5.41, 5.74) is 1.05. The second kappa shape index (κ2) is 11.3. The van der Waals surface area contributed by atoms with Crippen LogP contribution in [0.4, 0.5) is 0 Å². The summed E-state index contributed by atoms with van der Waals surface area (Å²) in [6.07, 6.45) is 13.5. The maximum Gasteiger partial charge on any atom is 0.0897 e. The number of rotatable bonds is 12. The summed E-state index contributed by atoms with van der Waals surface area (Å²) in [5, 5.41) is 13.1. The van der Waals surface area contributed by atoms with Gasteiger partial charge in [-0.1, -0.05) is 64.7 Å². The normalized spacial score (nSPS) is 12.8. The number of hydrogen-bond donors (Lipinski definition) is 1. The molecule has 116 valence electrons. The highest BCUT2D eigenvalue weighted by molar-refractivity contribution is 7.09. The van der Waals surface area contributed by atoms with E-state index >= 15 is 0 Å². The molecule has 0 saturated carbocycles. The molecule has 1 aromatic heterocycles. The molecule has 0 aliphatic rings. The molecular weight excluding hydrogens is 266 g/mol. The molecule has 1 unspecified atom stereocenters. The Morgan fingerprint density at radius 1 is 1.05 bits per heavy atom.